The van der Waals surface area contributed by atoms with E-state index in [1.54, 1.807) is 18.1 Å². The van der Waals surface area contributed by atoms with Crippen LogP contribution >= 0.6 is 0 Å². The fourth-order valence-corrected chi connectivity index (χ4v) is 2.89. The summed E-state index contributed by atoms with van der Waals surface area (Å²) < 4.78 is 11.0. The minimum absolute atomic E-state index is 0.0671. The highest BCUT2D eigenvalue weighted by Crippen LogP contribution is 2.33. The number of likely N-dealkylation sites (tertiary alicyclic amines) is 1. The highest BCUT2D eigenvalue weighted by atomic mass is 16.5. The van der Waals surface area contributed by atoms with Crippen molar-refractivity contribution in [1.82, 2.24) is 4.90 Å². The van der Waals surface area contributed by atoms with Gasteiger partial charge in [-0.3, -0.25) is 4.79 Å². The average Bonchev–Trinajstić information content (AvgIpc) is 2.59. The molecule has 1 amide bonds. The molecule has 0 unspecified atom stereocenters. The Balaban J connectivity index is 2.35. The summed E-state index contributed by atoms with van der Waals surface area (Å²) in [5.41, 5.74) is 7.42. The average molecular weight is 311 g/mol. The van der Waals surface area contributed by atoms with Crippen LogP contribution in [0.1, 0.15) is 5.56 Å². The Morgan fingerprint density at radius 2 is 2.04 bits per heavy atom. The first-order chi connectivity index (χ1) is 11.2. The molecule has 1 heterocycles. The van der Waals surface area contributed by atoms with Crippen molar-refractivity contribution in [3.05, 3.63) is 66.6 Å². The number of rotatable bonds is 7. The number of nitrogens with zero attached hydrogens (tertiary/aromatic N) is 1. The van der Waals surface area contributed by atoms with Gasteiger partial charge >= 0.3 is 0 Å². The summed E-state index contributed by atoms with van der Waals surface area (Å²) in [7, 11) is 3.14. The maximum atomic E-state index is 12.2. The van der Waals surface area contributed by atoms with Gasteiger partial charge in [-0.05, 0) is 11.6 Å². The van der Waals surface area contributed by atoms with Crippen LogP contribution in [0.5, 0.6) is 0 Å². The smallest absolute Gasteiger partial charge is 0.254 e. The van der Waals surface area contributed by atoms with Crippen LogP contribution in [-0.2, 0) is 14.3 Å². The molecule has 0 radical (unpaired) electrons. The highest BCUT2D eigenvalue weighted by molar-refractivity contribution is 5.90. The number of methoxy groups -OCH3 is 2. The van der Waals surface area contributed by atoms with Gasteiger partial charge in [0.2, 0.25) is 0 Å². The molecule has 1 aromatic rings. The predicted octanol–water partition coefficient (Wildman–Crippen LogP) is 2.44. The van der Waals surface area contributed by atoms with Crippen LogP contribution in [0.25, 0.3) is 5.57 Å². The Bertz CT molecular complexity index is 654. The molecule has 1 aromatic carbocycles. The number of amides is 1. The number of ether oxygens (including phenoxy) is 2. The van der Waals surface area contributed by atoms with E-state index in [0.717, 1.165) is 11.1 Å². The van der Waals surface area contributed by atoms with Crippen LogP contribution < -0.4 is 0 Å². The molecule has 0 N–H and O–H groups in total. The van der Waals surface area contributed by atoms with Crippen molar-refractivity contribution in [3.8, 4) is 0 Å². The summed E-state index contributed by atoms with van der Waals surface area (Å²) in [6, 6.07) is 9.52. The number of benzene rings is 1. The van der Waals surface area contributed by atoms with E-state index in [9.17, 15) is 4.79 Å². The third-order valence-electron chi connectivity index (χ3n) is 4.01. The van der Waals surface area contributed by atoms with Gasteiger partial charge in [0.1, 0.15) is 6.10 Å². The zero-order valence-corrected chi connectivity index (χ0v) is 13.5. The van der Waals surface area contributed by atoms with Gasteiger partial charge in [0.15, 0.2) is 6.10 Å². The second-order valence-corrected chi connectivity index (χ2v) is 5.16. The van der Waals surface area contributed by atoms with E-state index in [1.807, 2.05) is 30.3 Å². The molecule has 4 nitrogen and oxygen atoms in total. The monoisotopic (exact) mass is 311 g/mol. The minimum atomic E-state index is -0.537. The van der Waals surface area contributed by atoms with Gasteiger partial charge in [-0.25, -0.2) is 0 Å². The van der Waals surface area contributed by atoms with Crippen LogP contribution in [0, 0.1) is 0 Å². The van der Waals surface area contributed by atoms with Crippen molar-refractivity contribution >= 4 is 11.5 Å². The standard InChI is InChI=1S/C19H21NO3/c1-5-7-13-20-16(18(23-4)19(20)21)17(22-3)15(6-2)14-11-9-8-10-12-14/h7-12,16-18H,1-2,13H2,3-4H3/t16-,17+,18+/m0/s1. The van der Waals surface area contributed by atoms with E-state index in [1.165, 1.54) is 7.11 Å². The molecule has 2 rings (SSSR count). The molecule has 0 saturated carbocycles. The molecular formula is C19H21NO3. The minimum Gasteiger partial charge on any atom is -0.374 e. The molecule has 120 valence electrons. The van der Waals surface area contributed by atoms with Crippen molar-refractivity contribution in [3.63, 3.8) is 0 Å². The maximum Gasteiger partial charge on any atom is 0.254 e. The summed E-state index contributed by atoms with van der Waals surface area (Å²) in [4.78, 5) is 13.9. The van der Waals surface area contributed by atoms with Crippen LogP contribution in [0.2, 0.25) is 0 Å². The summed E-state index contributed by atoms with van der Waals surface area (Å²) in [5, 5.41) is 0. The molecule has 23 heavy (non-hydrogen) atoms. The van der Waals surface area contributed by atoms with Gasteiger partial charge in [0.05, 0.1) is 6.04 Å². The molecule has 0 aliphatic carbocycles. The van der Waals surface area contributed by atoms with E-state index in [-0.39, 0.29) is 18.1 Å². The zero-order chi connectivity index (χ0) is 16.8. The molecule has 1 fully saturated rings. The van der Waals surface area contributed by atoms with Crippen molar-refractivity contribution in [2.45, 2.75) is 18.2 Å². The molecule has 1 saturated heterocycles. The van der Waals surface area contributed by atoms with Crippen LogP contribution in [0.4, 0.5) is 0 Å². The molecule has 4 heteroatoms. The summed E-state index contributed by atoms with van der Waals surface area (Å²) in [6.45, 7) is 7.75. The lowest BCUT2D eigenvalue weighted by molar-refractivity contribution is -0.177. The van der Waals surface area contributed by atoms with Crippen LogP contribution in [0.3, 0.4) is 0 Å². The lowest BCUT2D eigenvalue weighted by Gasteiger charge is -2.49. The van der Waals surface area contributed by atoms with E-state index >= 15 is 0 Å². The second-order valence-electron chi connectivity index (χ2n) is 5.16. The first-order valence-electron chi connectivity index (χ1n) is 7.35. The number of hydrogen-bond donors (Lipinski definition) is 0. The normalized spacial score (nSPS) is 21.0. The molecule has 0 spiro atoms. The van der Waals surface area contributed by atoms with Crippen LogP contribution in [-0.4, -0.2) is 49.8 Å². The van der Waals surface area contributed by atoms with E-state index in [4.69, 9.17) is 9.47 Å². The van der Waals surface area contributed by atoms with E-state index in [2.05, 4.69) is 24.6 Å². The van der Waals surface area contributed by atoms with Gasteiger partial charge < -0.3 is 14.4 Å². The molecule has 1 aliphatic rings. The van der Waals surface area contributed by atoms with Crippen molar-refractivity contribution in [2.24, 2.45) is 0 Å². The quantitative estimate of drug-likeness (QED) is 0.573. The Labute approximate surface area is 137 Å². The third-order valence-corrected chi connectivity index (χ3v) is 4.01. The topological polar surface area (TPSA) is 38.8 Å². The van der Waals surface area contributed by atoms with Gasteiger partial charge in [0, 0.05) is 26.3 Å². The lowest BCUT2D eigenvalue weighted by Crippen LogP contribution is -2.69. The molecule has 0 bridgehead atoms. The Kier molecular flexibility index (Phi) is 5.75. The summed E-state index contributed by atoms with van der Waals surface area (Å²) >= 11 is 0. The van der Waals surface area contributed by atoms with Gasteiger partial charge in [-0.15, -0.1) is 11.5 Å². The fourth-order valence-electron chi connectivity index (χ4n) is 2.89. The molecule has 3 atom stereocenters. The summed E-state index contributed by atoms with van der Waals surface area (Å²) in [5.74, 6) is -0.0671. The van der Waals surface area contributed by atoms with Gasteiger partial charge in [0.25, 0.3) is 5.91 Å². The zero-order valence-electron chi connectivity index (χ0n) is 13.5. The second kappa shape index (κ2) is 7.77. The Morgan fingerprint density at radius 1 is 1.35 bits per heavy atom. The number of β-lactam (4-membered cyclic amide) rings is 1. The first-order valence-corrected chi connectivity index (χ1v) is 7.35. The number of hydrogen-bond acceptors (Lipinski definition) is 3. The van der Waals surface area contributed by atoms with Crippen molar-refractivity contribution < 1.29 is 14.3 Å². The maximum absolute atomic E-state index is 12.2. The largest absolute Gasteiger partial charge is 0.374 e. The molecular weight excluding hydrogens is 290 g/mol. The SMILES string of the molecule is C=C=CCN1C(=O)[C@H](OC)[C@@H]1[C@H](OC)C(=C=C)c1ccccc1. The highest BCUT2D eigenvalue weighted by Gasteiger charge is 2.52. The van der Waals surface area contributed by atoms with Gasteiger partial charge in [-0.2, -0.15) is 0 Å². The number of carbonyl (C=O) groups is 1. The molecule has 0 aromatic heterocycles. The summed E-state index contributed by atoms with van der Waals surface area (Å²) in [6.07, 6.45) is 0.796. The fraction of sp³-hybridized carbons (Fsp3) is 0.316. The Morgan fingerprint density at radius 3 is 2.57 bits per heavy atom. The first kappa shape index (κ1) is 17.0. The number of carbonyl (C=O) groups excluding carboxylic acids is 1. The lowest BCUT2D eigenvalue weighted by atomic mass is 9.86. The molecule has 1 aliphatic heterocycles. The van der Waals surface area contributed by atoms with Crippen molar-refractivity contribution in [2.75, 3.05) is 20.8 Å². The third kappa shape index (κ3) is 3.21. The van der Waals surface area contributed by atoms with E-state index in [0.29, 0.717) is 6.54 Å². The predicted molar refractivity (Wildman–Crippen MR) is 89.8 cm³/mol. The Hall–Kier alpha value is -2.35. The van der Waals surface area contributed by atoms with Crippen molar-refractivity contribution in [1.29, 1.82) is 0 Å². The van der Waals surface area contributed by atoms with Gasteiger partial charge in [-0.1, -0.05) is 43.5 Å². The van der Waals surface area contributed by atoms with Crippen LogP contribution in [0.15, 0.2) is 61.0 Å². The van der Waals surface area contributed by atoms with E-state index < -0.39 is 6.10 Å².